The molecule has 0 aromatic rings. The molecule has 1 aliphatic heterocycles. The quantitative estimate of drug-likeness (QED) is 0.555. The third kappa shape index (κ3) is 2.07. The van der Waals surface area contributed by atoms with E-state index in [-0.39, 0.29) is 16.8 Å². The van der Waals surface area contributed by atoms with Gasteiger partial charge in [0.25, 0.3) is 0 Å². The highest BCUT2D eigenvalue weighted by Gasteiger charge is 2.67. The van der Waals surface area contributed by atoms with Gasteiger partial charge in [-0.1, -0.05) is 26.0 Å². The Kier molecular flexibility index (Phi) is 3.72. The molecule has 0 bridgehead atoms. The lowest BCUT2D eigenvalue weighted by atomic mass is 9.44. The molecule has 0 aromatic carbocycles. The summed E-state index contributed by atoms with van der Waals surface area (Å²) >= 11 is 0. The molecule has 8 atom stereocenters. The first-order chi connectivity index (χ1) is 12.4. The van der Waals surface area contributed by atoms with E-state index in [1.807, 2.05) is 0 Å². The predicted molar refractivity (Wildman–Crippen MR) is 100 cm³/mol. The number of aliphatic hydroxyl groups is 1. The van der Waals surface area contributed by atoms with Crippen LogP contribution in [-0.2, 0) is 9.53 Å². The number of fused-ring (bicyclic) bond motifs is 5. The second kappa shape index (κ2) is 5.59. The average molecular weight is 359 g/mol. The van der Waals surface area contributed by atoms with Crippen molar-refractivity contribution in [3.05, 3.63) is 12.2 Å². The van der Waals surface area contributed by atoms with Gasteiger partial charge in [-0.3, -0.25) is 4.79 Å². The highest BCUT2D eigenvalue weighted by atomic mass is 16.5. The van der Waals surface area contributed by atoms with Crippen LogP contribution in [0.25, 0.3) is 0 Å². The largest absolute Gasteiger partial charge is 0.465 e. The zero-order chi connectivity index (χ0) is 18.2. The molecule has 4 aliphatic carbocycles. The summed E-state index contributed by atoms with van der Waals surface area (Å²) in [6.45, 7) is 5.40. The van der Waals surface area contributed by atoms with Gasteiger partial charge in [-0.05, 0) is 85.9 Å². The van der Waals surface area contributed by atoms with E-state index in [1.165, 1.54) is 32.1 Å². The summed E-state index contributed by atoms with van der Waals surface area (Å²) in [6, 6.07) is 0. The summed E-state index contributed by atoms with van der Waals surface area (Å²) in [4.78, 5) is 11.7. The number of rotatable bonds is 1. The fraction of sp³-hybridized carbons (Fsp3) is 0.870. The number of hydrogen-bond donors (Lipinski definition) is 1. The van der Waals surface area contributed by atoms with Gasteiger partial charge in [0.15, 0.2) is 0 Å². The molecule has 0 amide bonds. The minimum absolute atomic E-state index is 0.0388. The molecule has 0 unspecified atom stereocenters. The van der Waals surface area contributed by atoms with Gasteiger partial charge >= 0.3 is 5.97 Å². The number of ether oxygens (including phenoxy) is 1. The number of carbonyl (C=O) groups is 1. The van der Waals surface area contributed by atoms with Gasteiger partial charge in [0.05, 0.1) is 18.6 Å². The van der Waals surface area contributed by atoms with Crippen LogP contribution in [0.2, 0.25) is 0 Å². The molecule has 1 N–H and O–H groups in total. The van der Waals surface area contributed by atoms with Gasteiger partial charge in [0.1, 0.15) is 0 Å². The molecular weight excluding hydrogens is 324 g/mol. The lowest BCUT2D eigenvalue weighted by Gasteiger charge is -2.62. The maximum atomic E-state index is 12.1. The summed E-state index contributed by atoms with van der Waals surface area (Å²) in [5.74, 6) is 2.57. The number of esters is 1. The second-order valence-electron chi connectivity index (χ2n) is 10.5. The number of carbonyl (C=O) groups excluding carboxylic acids is 1. The molecule has 5 aliphatic rings. The van der Waals surface area contributed by atoms with E-state index >= 15 is 0 Å². The lowest BCUT2D eigenvalue weighted by molar-refractivity contribution is -0.198. The van der Waals surface area contributed by atoms with Gasteiger partial charge in [-0.2, -0.15) is 0 Å². The molecule has 3 nitrogen and oxygen atoms in total. The maximum Gasteiger partial charge on any atom is 0.306 e. The molecule has 3 heteroatoms. The molecule has 0 spiro atoms. The van der Waals surface area contributed by atoms with E-state index in [4.69, 9.17) is 4.74 Å². The zero-order valence-electron chi connectivity index (χ0n) is 16.4. The Morgan fingerprint density at radius 3 is 2.62 bits per heavy atom. The average Bonchev–Trinajstić information content (AvgIpc) is 3.15. The van der Waals surface area contributed by atoms with E-state index in [0.717, 1.165) is 25.2 Å². The molecule has 3 saturated carbocycles. The van der Waals surface area contributed by atoms with Crippen molar-refractivity contribution in [2.24, 2.45) is 40.4 Å². The van der Waals surface area contributed by atoms with Crippen LogP contribution in [0.3, 0.4) is 0 Å². The van der Waals surface area contributed by atoms with Crippen LogP contribution >= 0.6 is 0 Å². The van der Waals surface area contributed by atoms with Gasteiger partial charge in [0, 0.05) is 5.92 Å². The third-order valence-corrected chi connectivity index (χ3v) is 9.84. The molecule has 5 rings (SSSR count). The SMILES string of the molecule is C[C@]12C=CCC[C@@H]1CC[C@@H]1[C@@H]2CC[C@]2(C)[C@@H]([C@@H]3COC(=O)C3)CC[C@]12O. The minimum atomic E-state index is -0.550. The standard InChI is InChI=1S/C23H34O3/c1-21-10-4-3-5-16(21)6-7-19-18(21)8-11-22(2)17(9-12-23(19,22)25)15-13-20(24)26-14-15/h4,10,15-19,25H,3,5-9,11-14H2,1-2H3/t15-,16+,17+,18-,19+,21-,22+,23-/m0/s1. The lowest BCUT2D eigenvalue weighted by Crippen LogP contribution is -2.61. The Bertz CT molecular complexity index is 641. The maximum absolute atomic E-state index is 12.1. The van der Waals surface area contributed by atoms with Crippen molar-refractivity contribution in [1.82, 2.24) is 0 Å². The monoisotopic (exact) mass is 358 g/mol. The van der Waals surface area contributed by atoms with Gasteiger partial charge in [-0.25, -0.2) is 0 Å². The summed E-state index contributed by atoms with van der Waals surface area (Å²) in [7, 11) is 0. The minimum Gasteiger partial charge on any atom is -0.465 e. The van der Waals surface area contributed by atoms with Crippen molar-refractivity contribution in [2.45, 2.75) is 77.2 Å². The number of hydrogen-bond acceptors (Lipinski definition) is 3. The van der Waals surface area contributed by atoms with Crippen LogP contribution in [0, 0.1) is 40.4 Å². The zero-order valence-corrected chi connectivity index (χ0v) is 16.4. The van der Waals surface area contributed by atoms with Crippen LogP contribution in [0.15, 0.2) is 12.2 Å². The summed E-state index contributed by atoms with van der Waals surface area (Å²) < 4.78 is 5.30. The Balaban J connectivity index is 1.47. The fourth-order valence-electron chi connectivity index (χ4n) is 8.38. The number of allylic oxidation sites excluding steroid dienone is 2. The smallest absolute Gasteiger partial charge is 0.306 e. The van der Waals surface area contributed by atoms with Crippen molar-refractivity contribution in [1.29, 1.82) is 0 Å². The first-order valence-electron chi connectivity index (χ1n) is 10.9. The third-order valence-electron chi connectivity index (χ3n) is 9.84. The highest BCUT2D eigenvalue weighted by Crippen LogP contribution is 2.69. The predicted octanol–water partition coefficient (Wildman–Crippen LogP) is 4.49. The molecule has 144 valence electrons. The van der Waals surface area contributed by atoms with Crippen LogP contribution in [-0.4, -0.2) is 23.3 Å². The Labute approximate surface area is 157 Å². The van der Waals surface area contributed by atoms with Crippen molar-refractivity contribution >= 4 is 5.97 Å². The molecular formula is C23H34O3. The fourth-order valence-corrected chi connectivity index (χ4v) is 8.38. The van der Waals surface area contributed by atoms with Crippen molar-refractivity contribution in [3.8, 4) is 0 Å². The Hall–Kier alpha value is -0.830. The summed E-state index contributed by atoms with van der Waals surface area (Å²) in [5, 5.41) is 12.1. The van der Waals surface area contributed by atoms with E-state index in [2.05, 4.69) is 26.0 Å². The van der Waals surface area contributed by atoms with Crippen LogP contribution in [0.4, 0.5) is 0 Å². The first kappa shape index (κ1) is 17.3. The topological polar surface area (TPSA) is 46.5 Å². The van der Waals surface area contributed by atoms with E-state index < -0.39 is 5.60 Å². The van der Waals surface area contributed by atoms with Gasteiger partial charge in [0.2, 0.25) is 0 Å². The molecule has 1 saturated heterocycles. The molecule has 26 heavy (non-hydrogen) atoms. The second-order valence-corrected chi connectivity index (χ2v) is 10.5. The molecule has 1 heterocycles. The van der Waals surface area contributed by atoms with E-state index in [9.17, 15) is 9.90 Å². The summed E-state index contributed by atoms with van der Waals surface area (Å²) in [6.07, 6.45) is 14.8. The Morgan fingerprint density at radius 1 is 1.04 bits per heavy atom. The van der Waals surface area contributed by atoms with Crippen molar-refractivity contribution in [3.63, 3.8) is 0 Å². The normalized spacial score (nSPS) is 55.8. The molecule has 0 radical (unpaired) electrons. The van der Waals surface area contributed by atoms with Gasteiger partial charge in [-0.15, -0.1) is 0 Å². The van der Waals surface area contributed by atoms with E-state index in [0.29, 0.717) is 36.7 Å². The van der Waals surface area contributed by atoms with E-state index in [1.54, 1.807) is 0 Å². The van der Waals surface area contributed by atoms with Crippen LogP contribution in [0.1, 0.15) is 71.6 Å². The molecule has 4 fully saturated rings. The van der Waals surface area contributed by atoms with Crippen LogP contribution < -0.4 is 0 Å². The van der Waals surface area contributed by atoms with Crippen molar-refractivity contribution < 1.29 is 14.6 Å². The van der Waals surface area contributed by atoms with Crippen LogP contribution in [0.5, 0.6) is 0 Å². The Morgan fingerprint density at radius 2 is 1.85 bits per heavy atom. The first-order valence-corrected chi connectivity index (χ1v) is 10.9. The van der Waals surface area contributed by atoms with Crippen molar-refractivity contribution in [2.75, 3.05) is 6.61 Å². The highest BCUT2D eigenvalue weighted by molar-refractivity contribution is 5.71. The molecule has 0 aromatic heterocycles. The number of cyclic esters (lactones) is 1. The summed E-state index contributed by atoms with van der Waals surface area (Å²) in [5.41, 5.74) is -0.317. The van der Waals surface area contributed by atoms with Gasteiger partial charge < -0.3 is 9.84 Å².